The highest BCUT2D eigenvalue weighted by atomic mass is 16.4. The second-order valence-electron chi connectivity index (χ2n) is 5.72. The van der Waals surface area contributed by atoms with Crippen LogP contribution in [0, 0.1) is 5.92 Å². The molecule has 2 N–H and O–H groups in total. The van der Waals surface area contributed by atoms with Crippen LogP contribution in [-0.4, -0.2) is 39.6 Å². The van der Waals surface area contributed by atoms with E-state index in [4.69, 9.17) is 5.11 Å². The van der Waals surface area contributed by atoms with Crippen molar-refractivity contribution in [3.8, 4) is 0 Å². The number of nitrogens with zero attached hydrogens (tertiary/aromatic N) is 2. The van der Waals surface area contributed by atoms with Gasteiger partial charge < -0.3 is 15.3 Å². The molecule has 0 aliphatic carbocycles. The van der Waals surface area contributed by atoms with E-state index < -0.39 is 5.97 Å². The van der Waals surface area contributed by atoms with Crippen molar-refractivity contribution in [1.82, 2.24) is 9.88 Å². The molecule has 0 radical (unpaired) electrons. The van der Waals surface area contributed by atoms with Gasteiger partial charge in [0.1, 0.15) is 0 Å². The lowest BCUT2D eigenvalue weighted by Crippen LogP contribution is -2.46. The number of aromatic nitrogens is 1. The number of carbonyl (C=O) groups excluding carboxylic acids is 1. The van der Waals surface area contributed by atoms with Crippen molar-refractivity contribution >= 4 is 17.7 Å². The molecular formula is C15H21N3O3. The molecule has 1 fully saturated rings. The number of hydrogen-bond donors (Lipinski definition) is 2. The maximum atomic E-state index is 12.3. The zero-order chi connectivity index (χ0) is 15.4. The summed E-state index contributed by atoms with van der Waals surface area (Å²) in [5.74, 6) is -0.404. The Hall–Kier alpha value is -2.11. The SMILES string of the molecule is CC1CCC(C)N(C(=O)Nc2ccc(CC(=O)O)nc2)C1. The molecule has 0 spiro atoms. The smallest absolute Gasteiger partial charge is 0.322 e. The van der Waals surface area contributed by atoms with Crippen LogP contribution in [0.3, 0.4) is 0 Å². The topological polar surface area (TPSA) is 82.5 Å². The van der Waals surface area contributed by atoms with Gasteiger partial charge in [0.05, 0.1) is 24.0 Å². The number of carboxylic acids is 1. The van der Waals surface area contributed by atoms with E-state index in [-0.39, 0.29) is 18.5 Å². The third-order valence-electron chi connectivity index (χ3n) is 3.79. The molecule has 0 bridgehead atoms. The molecule has 2 heterocycles. The average molecular weight is 291 g/mol. The normalized spacial score (nSPS) is 21.9. The van der Waals surface area contributed by atoms with Gasteiger partial charge in [-0.1, -0.05) is 6.92 Å². The number of hydrogen-bond acceptors (Lipinski definition) is 3. The number of carboxylic acid groups (broad SMARTS) is 1. The Kier molecular flexibility index (Phi) is 4.77. The standard InChI is InChI=1S/C15H21N3O3/c1-10-3-4-11(2)18(9-10)15(21)17-13-6-5-12(16-8-13)7-14(19)20/h5-6,8,10-11H,3-4,7,9H2,1-2H3,(H,17,21)(H,19,20). The third kappa shape index (κ3) is 4.18. The largest absolute Gasteiger partial charge is 0.481 e. The van der Waals surface area contributed by atoms with Crippen molar-refractivity contribution in [2.24, 2.45) is 5.92 Å². The summed E-state index contributed by atoms with van der Waals surface area (Å²) in [6.07, 6.45) is 3.55. The quantitative estimate of drug-likeness (QED) is 0.895. The summed E-state index contributed by atoms with van der Waals surface area (Å²) in [6.45, 7) is 4.96. The van der Waals surface area contributed by atoms with Crippen LogP contribution in [0.4, 0.5) is 10.5 Å². The fourth-order valence-electron chi connectivity index (χ4n) is 2.52. The Morgan fingerprint density at radius 2 is 2.14 bits per heavy atom. The molecule has 1 aromatic heterocycles. The Labute approximate surface area is 124 Å². The summed E-state index contributed by atoms with van der Waals surface area (Å²) in [7, 11) is 0. The molecule has 2 rings (SSSR count). The molecule has 6 nitrogen and oxygen atoms in total. The summed E-state index contributed by atoms with van der Waals surface area (Å²) < 4.78 is 0. The molecule has 114 valence electrons. The van der Waals surface area contributed by atoms with Crippen LogP contribution < -0.4 is 5.32 Å². The molecule has 2 atom stereocenters. The summed E-state index contributed by atoms with van der Waals surface area (Å²) in [4.78, 5) is 28.8. The van der Waals surface area contributed by atoms with Gasteiger partial charge in [-0.3, -0.25) is 9.78 Å². The number of pyridine rings is 1. The minimum absolute atomic E-state index is 0.116. The highest BCUT2D eigenvalue weighted by Crippen LogP contribution is 2.22. The summed E-state index contributed by atoms with van der Waals surface area (Å²) >= 11 is 0. The van der Waals surface area contributed by atoms with Gasteiger partial charge in [-0.15, -0.1) is 0 Å². The first-order valence-electron chi connectivity index (χ1n) is 7.20. The molecule has 1 saturated heterocycles. The van der Waals surface area contributed by atoms with Gasteiger partial charge in [0.15, 0.2) is 0 Å². The van der Waals surface area contributed by atoms with Crippen molar-refractivity contribution < 1.29 is 14.7 Å². The van der Waals surface area contributed by atoms with E-state index >= 15 is 0 Å². The molecule has 2 amide bonds. The van der Waals surface area contributed by atoms with Gasteiger partial charge >= 0.3 is 12.0 Å². The van der Waals surface area contributed by atoms with E-state index in [0.717, 1.165) is 19.4 Å². The van der Waals surface area contributed by atoms with Crippen LogP contribution in [-0.2, 0) is 11.2 Å². The zero-order valence-corrected chi connectivity index (χ0v) is 12.4. The molecule has 0 saturated carbocycles. The summed E-state index contributed by atoms with van der Waals surface area (Å²) in [6, 6.07) is 3.41. The molecule has 2 unspecified atom stereocenters. The number of nitrogens with one attached hydrogen (secondary N) is 1. The number of carbonyl (C=O) groups is 2. The first-order valence-corrected chi connectivity index (χ1v) is 7.20. The minimum Gasteiger partial charge on any atom is -0.481 e. The second-order valence-corrected chi connectivity index (χ2v) is 5.72. The van der Waals surface area contributed by atoms with Crippen LogP contribution in [0.2, 0.25) is 0 Å². The van der Waals surface area contributed by atoms with Crippen molar-refractivity contribution in [2.75, 3.05) is 11.9 Å². The maximum absolute atomic E-state index is 12.3. The Morgan fingerprint density at radius 3 is 2.76 bits per heavy atom. The third-order valence-corrected chi connectivity index (χ3v) is 3.79. The molecule has 1 aliphatic rings. The van der Waals surface area contributed by atoms with Gasteiger partial charge in [-0.2, -0.15) is 0 Å². The monoisotopic (exact) mass is 291 g/mol. The molecule has 6 heteroatoms. The first kappa shape index (κ1) is 15.3. The number of urea groups is 1. The van der Waals surface area contributed by atoms with Crippen LogP contribution in [0.15, 0.2) is 18.3 Å². The van der Waals surface area contributed by atoms with Gasteiger partial charge in [-0.05, 0) is 37.8 Å². The van der Waals surface area contributed by atoms with Crippen LogP contribution in [0.5, 0.6) is 0 Å². The Morgan fingerprint density at radius 1 is 1.38 bits per heavy atom. The predicted octanol–water partition coefficient (Wildman–Crippen LogP) is 2.36. The molecular weight excluding hydrogens is 270 g/mol. The summed E-state index contributed by atoms with van der Waals surface area (Å²) in [5.41, 5.74) is 1.06. The number of piperidine rings is 1. The number of rotatable bonds is 3. The van der Waals surface area contributed by atoms with E-state index in [1.807, 2.05) is 4.90 Å². The molecule has 1 aliphatic heterocycles. The number of aliphatic carboxylic acids is 1. The fourth-order valence-corrected chi connectivity index (χ4v) is 2.52. The number of likely N-dealkylation sites (tertiary alicyclic amines) is 1. The van der Waals surface area contributed by atoms with Crippen molar-refractivity contribution in [3.05, 3.63) is 24.0 Å². The van der Waals surface area contributed by atoms with Crippen LogP contribution in [0.25, 0.3) is 0 Å². The van der Waals surface area contributed by atoms with Gasteiger partial charge in [0.2, 0.25) is 0 Å². The molecule has 21 heavy (non-hydrogen) atoms. The van der Waals surface area contributed by atoms with Crippen molar-refractivity contribution in [1.29, 1.82) is 0 Å². The fraction of sp³-hybridized carbons (Fsp3) is 0.533. The van der Waals surface area contributed by atoms with Gasteiger partial charge in [-0.25, -0.2) is 4.79 Å². The van der Waals surface area contributed by atoms with E-state index in [2.05, 4.69) is 24.1 Å². The van der Waals surface area contributed by atoms with E-state index in [0.29, 0.717) is 17.3 Å². The average Bonchev–Trinajstić information content (AvgIpc) is 2.43. The molecule has 1 aromatic rings. The lowest BCUT2D eigenvalue weighted by molar-refractivity contribution is -0.136. The highest BCUT2D eigenvalue weighted by molar-refractivity contribution is 5.89. The minimum atomic E-state index is -0.921. The first-order chi connectivity index (χ1) is 9.95. The zero-order valence-electron chi connectivity index (χ0n) is 12.4. The van der Waals surface area contributed by atoms with Gasteiger partial charge in [0.25, 0.3) is 0 Å². The number of amides is 2. The predicted molar refractivity (Wildman–Crippen MR) is 79.2 cm³/mol. The number of anilines is 1. The Bertz CT molecular complexity index is 515. The molecule has 0 aromatic carbocycles. The van der Waals surface area contributed by atoms with Gasteiger partial charge in [0, 0.05) is 12.6 Å². The maximum Gasteiger partial charge on any atom is 0.322 e. The lowest BCUT2D eigenvalue weighted by atomic mass is 9.95. The van der Waals surface area contributed by atoms with Crippen LogP contribution in [0.1, 0.15) is 32.4 Å². The van der Waals surface area contributed by atoms with Crippen molar-refractivity contribution in [3.63, 3.8) is 0 Å². The van der Waals surface area contributed by atoms with E-state index in [1.54, 1.807) is 12.1 Å². The van der Waals surface area contributed by atoms with Crippen molar-refractivity contribution in [2.45, 2.75) is 39.2 Å². The second kappa shape index (κ2) is 6.56. The Balaban J connectivity index is 1.97. The van der Waals surface area contributed by atoms with E-state index in [1.165, 1.54) is 6.20 Å². The van der Waals surface area contributed by atoms with Crippen LogP contribution >= 0.6 is 0 Å². The van der Waals surface area contributed by atoms with E-state index in [9.17, 15) is 9.59 Å². The lowest BCUT2D eigenvalue weighted by Gasteiger charge is -2.36. The highest BCUT2D eigenvalue weighted by Gasteiger charge is 2.26. The summed E-state index contributed by atoms with van der Waals surface area (Å²) in [5, 5.41) is 11.5.